The van der Waals surface area contributed by atoms with Crippen molar-refractivity contribution in [2.75, 3.05) is 33.2 Å². The Morgan fingerprint density at radius 3 is 2.62 bits per heavy atom. The molecular formula is C14H23N5O2. The van der Waals surface area contributed by atoms with Gasteiger partial charge in [-0.05, 0) is 19.9 Å². The first-order chi connectivity index (χ1) is 9.80. The molecule has 0 unspecified atom stereocenters. The molecule has 1 aromatic heterocycles. The highest BCUT2D eigenvalue weighted by atomic mass is 16.2. The van der Waals surface area contributed by atoms with E-state index in [1.54, 1.807) is 14.0 Å². The van der Waals surface area contributed by atoms with E-state index in [2.05, 4.69) is 24.0 Å². The second-order valence-electron chi connectivity index (χ2n) is 6.87. The topological polar surface area (TPSA) is 63.4 Å². The van der Waals surface area contributed by atoms with Crippen LogP contribution in [0.1, 0.15) is 12.7 Å². The van der Waals surface area contributed by atoms with E-state index in [9.17, 15) is 9.59 Å². The number of aryl methyl sites for hydroxylation is 1. The normalized spacial score (nSPS) is 29.1. The van der Waals surface area contributed by atoms with Crippen molar-refractivity contribution in [1.29, 1.82) is 0 Å². The van der Waals surface area contributed by atoms with Crippen molar-refractivity contribution < 1.29 is 4.79 Å². The maximum atomic E-state index is 12.4. The number of carbonyl (C=O) groups excluding carboxylic acids is 1. The minimum atomic E-state index is -0.230. The SMILES string of the molecule is Cc1nn(CC(=O)N2C[C@H]3CN(C)C[C@@]3(C)C2)c(=O)n1C. The van der Waals surface area contributed by atoms with Crippen molar-refractivity contribution in [1.82, 2.24) is 24.1 Å². The van der Waals surface area contributed by atoms with E-state index >= 15 is 0 Å². The van der Waals surface area contributed by atoms with Gasteiger partial charge in [-0.1, -0.05) is 6.92 Å². The quantitative estimate of drug-likeness (QED) is 0.723. The Morgan fingerprint density at radius 1 is 1.33 bits per heavy atom. The summed E-state index contributed by atoms with van der Waals surface area (Å²) in [6.07, 6.45) is 0. The first-order valence-corrected chi connectivity index (χ1v) is 7.37. The van der Waals surface area contributed by atoms with Crippen molar-refractivity contribution >= 4 is 5.91 Å². The Balaban J connectivity index is 1.70. The van der Waals surface area contributed by atoms with Gasteiger partial charge in [-0.2, -0.15) is 5.10 Å². The fraction of sp³-hybridized carbons (Fsp3) is 0.786. The van der Waals surface area contributed by atoms with Crippen LogP contribution in [0, 0.1) is 18.3 Å². The first-order valence-electron chi connectivity index (χ1n) is 7.37. The molecule has 0 bridgehead atoms. The molecule has 0 spiro atoms. The third-order valence-corrected chi connectivity index (χ3v) is 5.04. The lowest BCUT2D eigenvalue weighted by Gasteiger charge is -2.23. The molecule has 1 aromatic rings. The summed E-state index contributed by atoms with van der Waals surface area (Å²) in [5, 5.41) is 4.13. The smallest absolute Gasteiger partial charge is 0.340 e. The molecule has 2 aliphatic heterocycles. The average Bonchev–Trinajstić information content (AvgIpc) is 2.93. The third kappa shape index (κ3) is 2.29. The van der Waals surface area contributed by atoms with Gasteiger partial charge in [-0.15, -0.1) is 0 Å². The van der Waals surface area contributed by atoms with Gasteiger partial charge in [0.2, 0.25) is 5.91 Å². The molecule has 3 heterocycles. The van der Waals surface area contributed by atoms with Crippen LogP contribution in [0.25, 0.3) is 0 Å². The molecule has 3 rings (SSSR count). The molecule has 2 saturated heterocycles. The molecule has 116 valence electrons. The molecule has 7 nitrogen and oxygen atoms in total. The van der Waals surface area contributed by atoms with E-state index in [-0.39, 0.29) is 23.6 Å². The minimum Gasteiger partial charge on any atom is -0.340 e. The predicted molar refractivity (Wildman–Crippen MR) is 77.9 cm³/mol. The number of hydrogen-bond donors (Lipinski definition) is 0. The average molecular weight is 293 g/mol. The Kier molecular flexibility index (Phi) is 3.20. The summed E-state index contributed by atoms with van der Waals surface area (Å²) in [4.78, 5) is 28.6. The number of carbonyl (C=O) groups is 1. The molecule has 0 saturated carbocycles. The zero-order valence-electron chi connectivity index (χ0n) is 13.2. The third-order valence-electron chi connectivity index (χ3n) is 5.04. The van der Waals surface area contributed by atoms with Crippen LogP contribution in [0.2, 0.25) is 0 Å². The van der Waals surface area contributed by atoms with Crippen LogP contribution < -0.4 is 5.69 Å². The number of hydrogen-bond acceptors (Lipinski definition) is 4. The molecule has 0 aromatic carbocycles. The molecule has 2 aliphatic rings. The number of nitrogens with zero attached hydrogens (tertiary/aromatic N) is 5. The van der Waals surface area contributed by atoms with Crippen molar-refractivity contribution in [3.05, 3.63) is 16.3 Å². The number of likely N-dealkylation sites (tertiary alicyclic amines) is 2. The van der Waals surface area contributed by atoms with Crippen molar-refractivity contribution in [2.45, 2.75) is 20.4 Å². The number of rotatable bonds is 2. The molecule has 1 amide bonds. The Morgan fingerprint density at radius 2 is 2.05 bits per heavy atom. The van der Waals surface area contributed by atoms with Gasteiger partial charge in [-0.3, -0.25) is 9.36 Å². The fourth-order valence-electron chi connectivity index (χ4n) is 3.75. The minimum absolute atomic E-state index is 0.00604. The van der Waals surface area contributed by atoms with E-state index < -0.39 is 0 Å². The second-order valence-corrected chi connectivity index (χ2v) is 6.87. The molecule has 0 radical (unpaired) electrons. The zero-order valence-corrected chi connectivity index (χ0v) is 13.2. The largest absolute Gasteiger partial charge is 0.346 e. The first kappa shape index (κ1) is 14.3. The van der Waals surface area contributed by atoms with Crippen LogP contribution in [0.5, 0.6) is 0 Å². The predicted octanol–water partition coefficient (Wildman–Crippen LogP) is -0.700. The van der Waals surface area contributed by atoms with Crippen LogP contribution in [0.4, 0.5) is 0 Å². The van der Waals surface area contributed by atoms with Crippen LogP contribution in [-0.2, 0) is 18.4 Å². The van der Waals surface area contributed by atoms with Crippen molar-refractivity contribution in [3.63, 3.8) is 0 Å². The monoisotopic (exact) mass is 293 g/mol. The summed E-state index contributed by atoms with van der Waals surface area (Å²) in [6.45, 7) is 7.71. The van der Waals surface area contributed by atoms with E-state index in [0.29, 0.717) is 11.7 Å². The zero-order chi connectivity index (χ0) is 15.4. The highest BCUT2D eigenvalue weighted by Crippen LogP contribution is 2.41. The summed E-state index contributed by atoms with van der Waals surface area (Å²) in [6, 6.07) is 0. The lowest BCUT2D eigenvalue weighted by Crippen LogP contribution is -2.38. The van der Waals surface area contributed by atoms with Crippen LogP contribution in [0.3, 0.4) is 0 Å². The van der Waals surface area contributed by atoms with E-state index in [4.69, 9.17) is 0 Å². The number of fused-ring (bicyclic) bond motifs is 1. The van der Waals surface area contributed by atoms with Crippen molar-refractivity contribution in [3.8, 4) is 0 Å². The van der Waals surface area contributed by atoms with E-state index in [1.165, 1.54) is 9.25 Å². The van der Waals surface area contributed by atoms with Gasteiger partial charge >= 0.3 is 5.69 Å². The van der Waals surface area contributed by atoms with Crippen LogP contribution in [0.15, 0.2) is 4.79 Å². The van der Waals surface area contributed by atoms with Gasteiger partial charge in [0.1, 0.15) is 12.4 Å². The van der Waals surface area contributed by atoms with Crippen LogP contribution in [-0.4, -0.2) is 63.3 Å². The van der Waals surface area contributed by atoms with Gasteiger partial charge in [0.15, 0.2) is 0 Å². The lowest BCUT2D eigenvalue weighted by molar-refractivity contribution is -0.131. The van der Waals surface area contributed by atoms with Gasteiger partial charge in [0.05, 0.1) is 0 Å². The molecule has 7 heteroatoms. The Hall–Kier alpha value is -1.63. The molecule has 2 atom stereocenters. The molecule has 0 aliphatic carbocycles. The number of aromatic nitrogens is 3. The lowest BCUT2D eigenvalue weighted by atomic mass is 9.83. The van der Waals surface area contributed by atoms with Gasteiger partial charge < -0.3 is 9.80 Å². The van der Waals surface area contributed by atoms with E-state index in [1.807, 2.05) is 4.90 Å². The van der Waals surface area contributed by atoms with Gasteiger partial charge in [-0.25, -0.2) is 9.48 Å². The maximum absolute atomic E-state index is 12.4. The van der Waals surface area contributed by atoms with Gasteiger partial charge in [0, 0.05) is 38.6 Å². The summed E-state index contributed by atoms with van der Waals surface area (Å²) in [7, 11) is 3.80. The summed E-state index contributed by atoms with van der Waals surface area (Å²) >= 11 is 0. The summed E-state index contributed by atoms with van der Waals surface area (Å²) in [5.41, 5.74) is -0.0405. The molecule has 2 fully saturated rings. The second kappa shape index (κ2) is 4.69. The highest BCUT2D eigenvalue weighted by Gasteiger charge is 2.49. The van der Waals surface area contributed by atoms with Gasteiger partial charge in [0.25, 0.3) is 0 Å². The Labute approximate surface area is 124 Å². The molecule has 0 N–H and O–H groups in total. The Bertz CT molecular complexity index is 634. The molecular weight excluding hydrogens is 270 g/mol. The summed E-state index contributed by atoms with van der Waals surface area (Å²) < 4.78 is 2.72. The van der Waals surface area contributed by atoms with Crippen molar-refractivity contribution in [2.24, 2.45) is 18.4 Å². The van der Waals surface area contributed by atoms with Crippen LogP contribution >= 0.6 is 0 Å². The summed E-state index contributed by atoms with van der Waals surface area (Å²) in [5.74, 6) is 1.15. The maximum Gasteiger partial charge on any atom is 0.346 e. The standard InChI is InChI=1S/C14H23N5O2/c1-10-15-19(13(21)17(10)4)7-12(20)18-6-11-5-16(3)8-14(11,2)9-18/h11H,5-9H2,1-4H3/t11-,14+/m1/s1. The number of amides is 1. The van der Waals surface area contributed by atoms with E-state index in [0.717, 1.165) is 26.2 Å². The molecule has 21 heavy (non-hydrogen) atoms. The fourth-order valence-corrected chi connectivity index (χ4v) is 3.75. The highest BCUT2D eigenvalue weighted by molar-refractivity contribution is 5.76.